The number of alkyl halides is 1. The summed E-state index contributed by atoms with van der Waals surface area (Å²) in [6.45, 7) is 0. The van der Waals surface area contributed by atoms with E-state index in [9.17, 15) is 5.11 Å². The number of hydrogen-bond donors (Lipinski definition) is 2. The maximum Gasteiger partial charge on any atom is 0.0829 e. The van der Waals surface area contributed by atoms with Gasteiger partial charge in [-0.2, -0.15) is 0 Å². The monoisotopic (exact) mass is 199 g/mol. The maximum absolute atomic E-state index is 9.33. The number of hydrogen-bond acceptors (Lipinski definition) is 2. The Morgan fingerprint density at radius 3 is 2.46 bits per heavy atom. The summed E-state index contributed by atoms with van der Waals surface area (Å²) in [5.41, 5.74) is 6.85. The predicted octanol–water partition coefficient (Wildman–Crippen LogP) is 1.16. The molecule has 0 amide bonds. The van der Waals surface area contributed by atoms with Gasteiger partial charge in [0.25, 0.3) is 0 Å². The molecule has 1 aromatic rings. The molecule has 0 bridgehead atoms. The molecular formula is C10H14ClNO. The van der Waals surface area contributed by atoms with Crippen molar-refractivity contribution in [2.75, 3.05) is 5.88 Å². The van der Waals surface area contributed by atoms with Crippen molar-refractivity contribution < 1.29 is 5.11 Å². The van der Waals surface area contributed by atoms with E-state index in [-0.39, 0.29) is 11.9 Å². The molecule has 2 atom stereocenters. The highest BCUT2D eigenvalue weighted by Crippen LogP contribution is 2.05. The van der Waals surface area contributed by atoms with Gasteiger partial charge in [0.2, 0.25) is 0 Å². The first-order valence-electron chi connectivity index (χ1n) is 4.27. The Bertz CT molecular complexity index is 240. The second kappa shape index (κ2) is 5.22. The van der Waals surface area contributed by atoms with E-state index >= 15 is 0 Å². The summed E-state index contributed by atoms with van der Waals surface area (Å²) >= 11 is 5.48. The quantitative estimate of drug-likeness (QED) is 0.715. The van der Waals surface area contributed by atoms with Gasteiger partial charge < -0.3 is 10.8 Å². The summed E-state index contributed by atoms with van der Waals surface area (Å²) in [6.07, 6.45) is 0.0382. The van der Waals surface area contributed by atoms with Gasteiger partial charge in [-0.15, -0.1) is 11.6 Å². The first-order chi connectivity index (χ1) is 6.24. The molecular weight excluding hydrogens is 186 g/mol. The Balaban J connectivity index is 2.50. The number of nitrogens with two attached hydrogens (primary N) is 1. The summed E-state index contributed by atoms with van der Waals surface area (Å²) in [7, 11) is 0. The van der Waals surface area contributed by atoms with Crippen LogP contribution in [0.1, 0.15) is 5.56 Å². The predicted molar refractivity (Wildman–Crippen MR) is 54.8 cm³/mol. The van der Waals surface area contributed by atoms with Crippen LogP contribution in [-0.4, -0.2) is 23.1 Å². The molecule has 2 nitrogen and oxygen atoms in total. The fourth-order valence-electron chi connectivity index (χ4n) is 1.14. The Labute approximate surface area is 83.3 Å². The number of benzene rings is 1. The third-order valence-corrected chi connectivity index (χ3v) is 2.28. The van der Waals surface area contributed by atoms with Crippen molar-refractivity contribution in [2.24, 2.45) is 5.73 Å². The van der Waals surface area contributed by atoms with Crippen molar-refractivity contribution in [1.82, 2.24) is 0 Å². The molecule has 0 saturated heterocycles. The van der Waals surface area contributed by atoms with Gasteiger partial charge >= 0.3 is 0 Å². The molecule has 0 aliphatic rings. The van der Waals surface area contributed by atoms with Crippen LogP contribution in [0.5, 0.6) is 0 Å². The number of halogens is 1. The fourth-order valence-corrected chi connectivity index (χ4v) is 1.37. The minimum atomic E-state index is -0.623. The van der Waals surface area contributed by atoms with Gasteiger partial charge in [0.1, 0.15) is 0 Å². The minimum absolute atomic E-state index is 0.188. The van der Waals surface area contributed by atoms with E-state index < -0.39 is 6.10 Å². The molecule has 3 heteroatoms. The average molecular weight is 200 g/mol. The van der Waals surface area contributed by atoms with Gasteiger partial charge in [0, 0.05) is 11.9 Å². The van der Waals surface area contributed by atoms with Crippen LogP contribution in [0.15, 0.2) is 30.3 Å². The zero-order chi connectivity index (χ0) is 9.68. The van der Waals surface area contributed by atoms with Crippen LogP contribution in [0.2, 0.25) is 0 Å². The molecule has 72 valence electrons. The standard InChI is InChI=1S/C10H14ClNO/c11-7-10(13)9(12)6-8-4-2-1-3-5-8/h1-5,9-10,13H,6-7,12H2/t9-,10+/m1/s1. The fraction of sp³-hybridized carbons (Fsp3) is 0.400. The van der Waals surface area contributed by atoms with E-state index in [1.165, 1.54) is 0 Å². The third-order valence-electron chi connectivity index (χ3n) is 1.97. The van der Waals surface area contributed by atoms with Crippen LogP contribution < -0.4 is 5.73 Å². The average Bonchev–Trinajstić information content (AvgIpc) is 2.18. The Morgan fingerprint density at radius 2 is 1.92 bits per heavy atom. The third kappa shape index (κ3) is 3.35. The molecule has 0 spiro atoms. The maximum atomic E-state index is 9.33. The first kappa shape index (κ1) is 10.5. The number of aliphatic hydroxyl groups excluding tert-OH is 1. The Kier molecular flexibility index (Phi) is 4.22. The van der Waals surface area contributed by atoms with E-state index in [4.69, 9.17) is 17.3 Å². The van der Waals surface area contributed by atoms with Crippen molar-refractivity contribution in [3.63, 3.8) is 0 Å². The second-order valence-corrected chi connectivity index (χ2v) is 3.38. The highest BCUT2D eigenvalue weighted by atomic mass is 35.5. The van der Waals surface area contributed by atoms with Gasteiger partial charge in [-0.1, -0.05) is 30.3 Å². The van der Waals surface area contributed by atoms with Crippen LogP contribution in [0.3, 0.4) is 0 Å². The van der Waals surface area contributed by atoms with Gasteiger partial charge in [-0.3, -0.25) is 0 Å². The lowest BCUT2D eigenvalue weighted by molar-refractivity contribution is 0.166. The summed E-state index contributed by atoms with van der Waals surface area (Å²) in [4.78, 5) is 0. The lowest BCUT2D eigenvalue weighted by Gasteiger charge is -2.15. The van der Waals surface area contributed by atoms with Crippen molar-refractivity contribution in [1.29, 1.82) is 0 Å². The van der Waals surface area contributed by atoms with Gasteiger partial charge in [-0.25, -0.2) is 0 Å². The summed E-state index contributed by atoms with van der Waals surface area (Å²) in [5.74, 6) is 0.188. The summed E-state index contributed by atoms with van der Waals surface area (Å²) in [5, 5.41) is 9.33. The molecule has 0 unspecified atom stereocenters. The molecule has 0 heterocycles. The number of rotatable bonds is 4. The molecule has 0 saturated carbocycles. The highest BCUT2D eigenvalue weighted by Gasteiger charge is 2.13. The van der Waals surface area contributed by atoms with E-state index in [0.29, 0.717) is 6.42 Å². The van der Waals surface area contributed by atoms with Gasteiger partial charge in [-0.05, 0) is 12.0 Å². The normalized spacial score (nSPS) is 15.3. The zero-order valence-corrected chi connectivity index (χ0v) is 8.11. The van der Waals surface area contributed by atoms with Crippen molar-refractivity contribution >= 4 is 11.6 Å². The summed E-state index contributed by atoms with van der Waals surface area (Å²) in [6, 6.07) is 9.55. The van der Waals surface area contributed by atoms with E-state index in [2.05, 4.69) is 0 Å². The van der Waals surface area contributed by atoms with Crippen molar-refractivity contribution in [3.05, 3.63) is 35.9 Å². The highest BCUT2D eigenvalue weighted by molar-refractivity contribution is 6.18. The minimum Gasteiger partial charge on any atom is -0.390 e. The van der Waals surface area contributed by atoms with Gasteiger partial charge in [0.15, 0.2) is 0 Å². The lowest BCUT2D eigenvalue weighted by atomic mass is 10.0. The SMILES string of the molecule is N[C@H](Cc1ccccc1)[C@@H](O)CCl. The molecule has 0 aliphatic carbocycles. The molecule has 1 aromatic carbocycles. The van der Waals surface area contributed by atoms with Crippen LogP contribution in [0.25, 0.3) is 0 Å². The molecule has 0 radical (unpaired) electrons. The molecule has 1 rings (SSSR count). The van der Waals surface area contributed by atoms with Crippen molar-refractivity contribution in [2.45, 2.75) is 18.6 Å². The van der Waals surface area contributed by atoms with Crippen LogP contribution in [-0.2, 0) is 6.42 Å². The smallest absolute Gasteiger partial charge is 0.0829 e. The van der Waals surface area contributed by atoms with E-state index in [1.54, 1.807) is 0 Å². The number of aliphatic hydroxyl groups is 1. The second-order valence-electron chi connectivity index (χ2n) is 3.08. The summed E-state index contributed by atoms with van der Waals surface area (Å²) < 4.78 is 0. The zero-order valence-electron chi connectivity index (χ0n) is 7.36. The van der Waals surface area contributed by atoms with Crippen LogP contribution >= 0.6 is 11.6 Å². The van der Waals surface area contributed by atoms with Crippen LogP contribution in [0.4, 0.5) is 0 Å². The topological polar surface area (TPSA) is 46.2 Å². The van der Waals surface area contributed by atoms with E-state index in [1.807, 2.05) is 30.3 Å². The molecule has 0 aromatic heterocycles. The molecule has 0 fully saturated rings. The molecule has 13 heavy (non-hydrogen) atoms. The van der Waals surface area contributed by atoms with Crippen LogP contribution in [0, 0.1) is 0 Å². The van der Waals surface area contributed by atoms with Gasteiger partial charge in [0.05, 0.1) is 6.10 Å². The van der Waals surface area contributed by atoms with Crippen molar-refractivity contribution in [3.8, 4) is 0 Å². The molecule has 3 N–H and O–H groups in total. The Hall–Kier alpha value is -0.570. The van der Waals surface area contributed by atoms with E-state index in [0.717, 1.165) is 5.56 Å². The molecule has 0 aliphatic heterocycles. The largest absolute Gasteiger partial charge is 0.390 e. The first-order valence-corrected chi connectivity index (χ1v) is 4.81. The Morgan fingerprint density at radius 1 is 1.31 bits per heavy atom. The lowest BCUT2D eigenvalue weighted by Crippen LogP contribution is -2.37.